The SMILES string of the molecule is CN=C(NCCc1ccc(OC)c(OC)c1OC)NCC(=O)NC(C)(C)C. The first-order chi connectivity index (χ1) is 12.8. The first kappa shape index (κ1) is 22.4. The number of aliphatic imine (C=N–C) groups is 1. The normalized spacial score (nSPS) is 11.6. The summed E-state index contributed by atoms with van der Waals surface area (Å²) in [4.78, 5) is 16.0. The summed E-state index contributed by atoms with van der Waals surface area (Å²) in [6.45, 7) is 6.57. The first-order valence-corrected chi connectivity index (χ1v) is 8.79. The highest BCUT2D eigenvalue weighted by molar-refractivity contribution is 5.86. The van der Waals surface area contributed by atoms with E-state index >= 15 is 0 Å². The molecule has 0 fully saturated rings. The van der Waals surface area contributed by atoms with E-state index in [1.807, 2.05) is 32.9 Å². The fourth-order valence-corrected chi connectivity index (χ4v) is 2.52. The van der Waals surface area contributed by atoms with E-state index < -0.39 is 0 Å². The highest BCUT2D eigenvalue weighted by Crippen LogP contribution is 2.39. The lowest BCUT2D eigenvalue weighted by atomic mass is 10.1. The molecule has 0 saturated heterocycles. The van der Waals surface area contributed by atoms with Crippen LogP contribution in [0.3, 0.4) is 0 Å². The van der Waals surface area contributed by atoms with Gasteiger partial charge in [0.1, 0.15) is 0 Å². The Balaban J connectivity index is 2.62. The quantitative estimate of drug-likeness (QED) is 0.465. The van der Waals surface area contributed by atoms with E-state index in [0.717, 1.165) is 5.56 Å². The molecule has 152 valence electrons. The van der Waals surface area contributed by atoms with Gasteiger partial charge in [-0.05, 0) is 33.3 Å². The van der Waals surface area contributed by atoms with Gasteiger partial charge in [-0.15, -0.1) is 0 Å². The van der Waals surface area contributed by atoms with E-state index in [2.05, 4.69) is 20.9 Å². The summed E-state index contributed by atoms with van der Waals surface area (Å²) in [6.07, 6.45) is 0.679. The minimum absolute atomic E-state index is 0.0907. The molecule has 1 amide bonds. The van der Waals surface area contributed by atoms with Crippen LogP contribution in [0.2, 0.25) is 0 Å². The van der Waals surface area contributed by atoms with Gasteiger partial charge in [-0.25, -0.2) is 0 Å². The number of hydrogen-bond acceptors (Lipinski definition) is 5. The van der Waals surface area contributed by atoms with E-state index in [4.69, 9.17) is 14.2 Å². The van der Waals surface area contributed by atoms with Crippen molar-refractivity contribution in [2.24, 2.45) is 4.99 Å². The second-order valence-electron chi connectivity index (χ2n) is 6.89. The Labute approximate surface area is 161 Å². The molecule has 3 N–H and O–H groups in total. The summed E-state index contributed by atoms with van der Waals surface area (Å²) >= 11 is 0. The van der Waals surface area contributed by atoms with Crippen molar-refractivity contribution in [3.8, 4) is 17.2 Å². The summed E-state index contributed by atoms with van der Waals surface area (Å²) in [5.74, 6) is 2.30. The summed E-state index contributed by atoms with van der Waals surface area (Å²) in [5.41, 5.74) is 0.711. The third-order valence-electron chi connectivity index (χ3n) is 3.63. The van der Waals surface area contributed by atoms with Gasteiger partial charge in [0.05, 0.1) is 27.9 Å². The Morgan fingerprint density at radius 2 is 1.70 bits per heavy atom. The molecule has 8 heteroatoms. The Hall–Kier alpha value is -2.64. The molecule has 0 atom stereocenters. The smallest absolute Gasteiger partial charge is 0.239 e. The fourth-order valence-electron chi connectivity index (χ4n) is 2.52. The lowest BCUT2D eigenvalue weighted by Gasteiger charge is -2.21. The van der Waals surface area contributed by atoms with Crippen molar-refractivity contribution in [2.75, 3.05) is 41.5 Å². The number of rotatable bonds is 8. The van der Waals surface area contributed by atoms with Gasteiger partial charge < -0.3 is 30.2 Å². The van der Waals surface area contributed by atoms with Crippen LogP contribution in [0.15, 0.2) is 17.1 Å². The van der Waals surface area contributed by atoms with Crippen LogP contribution in [0, 0.1) is 0 Å². The molecule has 0 aliphatic rings. The highest BCUT2D eigenvalue weighted by Gasteiger charge is 2.16. The van der Waals surface area contributed by atoms with Gasteiger partial charge in [0.15, 0.2) is 17.5 Å². The molecule has 27 heavy (non-hydrogen) atoms. The van der Waals surface area contributed by atoms with Crippen molar-refractivity contribution < 1.29 is 19.0 Å². The Morgan fingerprint density at radius 3 is 2.22 bits per heavy atom. The Morgan fingerprint density at radius 1 is 1.04 bits per heavy atom. The monoisotopic (exact) mass is 380 g/mol. The number of nitrogens with zero attached hydrogens (tertiary/aromatic N) is 1. The largest absolute Gasteiger partial charge is 0.493 e. The average molecular weight is 380 g/mol. The molecule has 0 unspecified atom stereocenters. The second-order valence-corrected chi connectivity index (χ2v) is 6.89. The number of guanidine groups is 1. The van der Waals surface area contributed by atoms with Crippen molar-refractivity contribution in [1.82, 2.24) is 16.0 Å². The average Bonchev–Trinajstić information content (AvgIpc) is 2.62. The molecule has 0 radical (unpaired) electrons. The van der Waals surface area contributed by atoms with Crippen LogP contribution in [-0.4, -0.2) is 58.9 Å². The molecule has 0 heterocycles. The number of ether oxygens (including phenoxy) is 3. The minimum atomic E-state index is -0.264. The maximum absolute atomic E-state index is 11.9. The standard InChI is InChI=1S/C19H32N4O4/c1-19(2,3)23-15(24)12-22-18(20-4)21-11-10-13-8-9-14(25-5)17(27-7)16(13)26-6/h8-9H,10-12H2,1-7H3,(H,23,24)(H2,20,21,22). The lowest BCUT2D eigenvalue weighted by Crippen LogP contribution is -2.48. The van der Waals surface area contributed by atoms with Crippen molar-refractivity contribution in [3.05, 3.63) is 17.7 Å². The number of carbonyl (C=O) groups excluding carboxylic acids is 1. The van der Waals surface area contributed by atoms with Gasteiger partial charge >= 0.3 is 0 Å². The number of nitrogens with one attached hydrogen (secondary N) is 3. The van der Waals surface area contributed by atoms with Crippen LogP contribution in [0.25, 0.3) is 0 Å². The van der Waals surface area contributed by atoms with Crippen LogP contribution in [-0.2, 0) is 11.2 Å². The van der Waals surface area contributed by atoms with E-state index in [0.29, 0.717) is 36.2 Å². The number of carbonyl (C=O) groups is 1. The Bertz CT molecular complexity index is 654. The van der Waals surface area contributed by atoms with Crippen LogP contribution < -0.4 is 30.2 Å². The van der Waals surface area contributed by atoms with Crippen molar-refractivity contribution in [1.29, 1.82) is 0 Å². The maximum atomic E-state index is 11.9. The first-order valence-electron chi connectivity index (χ1n) is 8.79. The molecule has 1 rings (SSSR count). The zero-order chi connectivity index (χ0) is 20.4. The van der Waals surface area contributed by atoms with E-state index in [1.54, 1.807) is 28.4 Å². The third kappa shape index (κ3) is 7.24. The molecule has 1 aromatic carbocycles. The number of benzene rings is 1. The van der Waals surface area contributed by atoms with Crippen LogP contribution >= 0.6 is 0 Å². The van der Waals surface area contributed by atoms with Gasteiger partial charge in [0.25, 0.3) is 0 Å². The highest BCUT2D eigenvalue weighted by atomic mass is 16.5. The molecule has 0 saturated carbocycles. The van der Waals surface area contributed by atoms with Crippen LogP contribution in [0.4, 0.5) is 0 Å². The van der Waals surface area contributed by atoms with E-state index in [1.165, 1.54) is 0 Å². The van der Waals surface area contributed by atoms with E-state index in [-0.39, 0.29) is 18.0 Å². The number of amides is 1. The Kier molecular flexibility index (Phi) is 8.71. The third-order valence-corrected chi connectivity index (χ3v) is 3.63. The molecular formula is C19H32N4O4. The lowest BCUT2D eigenvalue weighted by molar-refractivity contribution is -0.121. The van der Waals surface area contributed by atoms with Crippen LogP contribution in [0.1, 0.15) is 26.3 Å². The molecule has 0 aliphatic carbocycles. The van der Waals surface area contributed by atoms with Crippen LogP contribution in [0.5, 0.6) is 17.2 Å². The predicted molar refractivity (Wildman–Crippen MR) is 107 cm³/mol. The van der Waals surface area contributed by atoms with Gasteiger partial charge in [0.2, 0.25) is 11.7 Å². The topological polar surface area (TPSA) is 93.2 Å². The molecule has 0 aromatic heterocycles. The van der Waals surface area contributed by atoms with Crippen molar-refractivity contribution in [2.45, 2.75) is 32.7 Å². The predicted octanol–water partition coefficient (Wildman–Crippen LogP) is 1.33. The summed E-state index contributed by atoms with van der Waals surface area (Å²) in [6, 6.07) is 3.79. The summed E-state index contributed by atoms with van der Waals surface area (Å²) in [5, 5.41) is 9.08. The van der Waals surface area contributed by atoms with Gasteiger partial charge in [-0.3, -0.25) is 9.79 Å². The molecule has 0 bridgehead atoms. The molecule has 8 nitrogen and oxygen atoms in total. The summed E-state index contributed by atoms with van der Waals surface area (Å²) < 4.78 is 16.2. The molecule has 1 aromatic rings. The minimum Gasteiger partial charge on any atom is -0.493 e. The van der Waals surface area contributed by atoms with E-state index in [9.17, 15) is 4.79 Å². The molecule has 0 aliphatic heterocycles. The fraction of sp³-hybridized carbons (Fsp3) is 0.579. The number of hydrogen-bond donors (Lipinski definition) is 3. The van der Waals surface area contributed by atoms with Crippen molar-refractivity contribution >= 4 is 11.9 Å². The van der Waals surface area contributed by atoms with Gasteiger partial charge in [-0.2, -0.15) is 0 Å². The number of methoxy groups -OCH3 is 3. The van der Waals surface area contributed by atoms with Crippen molar-refractivity contribution in [3.63, 3.8) is 0 Å². The zero-order valence-corrected chi connectivity index (χ0v) is 17.4. The van der Waals surface area contributed by atoms with Gasteiger partial charge in [-0.1, -0.05) is 6.07 Å². The summed E-state index contributed by atoms with van der Waals surface area (Å²) in [7, 11) is 6.43. The van der Waals surface area contributed by atoms with Gasteiger partial charge in [0, 0.05) is 24.7 Å². The molecular weight excluding hydrogens is 348 g/mol. The zero-order valence-electron chi connectivity index (χ0n) is 17.4. The second kappa shape index (κ2) is 10.5. The maximum Gasteiger partial charge on any atom is 0.239 e. The molecule has 0 spiro atoms.